The molecule has 0 radical (unpaired) electrons. The molecule has 0 heterocycles. The van der Waals surface area contributed by atoms with Crippen molar-refractivity contribution in [3.63, 3.8) is 0 Å². The molecule has 0 aliphatic rings. The van der Waals surface area contributed by atoms with Gasteiger partial charge in [-0.2, -0.15) is 0 Å². The Hall–Kier alpha value is -3.67. The van der Waals surface area contributed by atoms with E-state index in [1.54, 1.807) is 0 Å². The van der Waals surface area contributed by atoms with Crippen LogP contribution in [-0.2, 0) is 28.6 Å². The Labute approximate surface area is 407 Å². The number of hydrogen-bond acceptors (Lipinski definition) is 6. The van der Waals surface area contributed by atoms with Gasteiger partial charge in [-0.05, 0) is 96.3 Å². The van der Waals surface area contributed by atoms with Gasteiger partial charge in [-0.25, -0.2) is 0 Å². The fraction of sp³-hybridized carbons (Fsp3) is 0.683. The van der Waals surface area contributed by atoms with Crippen molar-refractivity contribution in [1.29, 1.82) is 0 Å². The molecule has 0 spiro atoms. The molecule has 1 atom stereocenters. The second-order valence-corrected chi connectivity index (χ2v) is 17.8. The molecule has 0 saturated carbocycles. The fourth-order valence-electron chi connectivity index (χ4n) is 7.34. The minimum Gasteiger partial charge on any atom is -0.462 e. The molecule has 0 bridgehead atoms. The predicted octanol–water partition coefficient (Wildman–Crippen LogP) is 18.1. The van der Waals surface area contributed by atoms with Crippen molar-refractivity contribution in [3.05, 3.63) is 97.2 Å². The van der Waals surface area contributed by atoms with Crippen LogP contribution < -0.4 is 0 Å². The standard InChI is InChI=1S/C60H100O6/c1-4-7-10-13-16-19-22-25-27-29-30-31-33-35-38-41-44-47-50-53-59(62)65-56-57(55-64-58(61)52-49-46-43-40-37-34-24-21-18-15-12-9-6-3)66-60(63)54-51-48-45-42-39-36-32-28-26-23-20-17-14-11-8-5-2/h7,9-10,12,15-16,18-19,21,24-25,27-28,32,34,37,57H,4-6,8,11,13-14,17,20,22-23,26,29-31,33,35-36,38-56H2,1-3H3/b10-7+,12-9+,18-15+,19-16+,24-21+,27-25+,32-28+,37-34+. The lowest BCUT2D eigenvalue weighted by Crippen LogP contribution is -2.30. The monoisotopic (exact) mass is 917 g/mol. The number of allylic oxidation sites excluding steroid dienone is 16. The second-order valence-electron chi connectivity index (χ2n) is 17.8. The fourth-order valence-corrected chi connectivity index (χ4v) is 7.34. The maximum atomic E-state index is 12.8. The van der Waals surface area contributed by atoms with E-state index in [-0.39, 0.29) is 31.1 Å². The van der Waals surface area contributed by atoms with Crippen molar-refractivity contribution in [3.8, 4) is 0 Å². The molecule has 0 N–H and O–H groups in total. The van der Waals surface area contributed by atoms with Gasteiger partial charge in [-0.1, -0.05) is 227 Å². The van der Waals surface area contributed by atoms with Crippen LogP contribution in [0.5, 0.6) is 0 Å². The number of carbonyl (C=O) groups is 3. The molecule has 0 aromatic heterocycles. The van der Waals surface area contributed by atoms with E-state index in [9.17, 15) is 14.4 Å². The summed E-state index contributed by atoms with van der Waals surface area (Å²) in [5.74, 6) is -0.951. The van der Waals surface area contributed by atoms with E-state index in [0.29, 0.717) is 19.3 Å². The highest BCUT2D eigenvalue weighted by Gasteiger charge is 2.19. The Balaban J connectivity index is 4.43. The molecule has 0 aromatic carbocycles. The minimum absolute atomic E-state index is 0.0971. The molecule has 0 aliphatic carbocycles. The van der Waals surface area contributed by atoms with Crippen LogP contribution in [0.3, 0.4) is 0 Å². The third-order valence-electron chi connectivity index (χ3n) is 11.4. The zero-order chi connectivity index (χ0) is 47.9. The number of esters is 3. The summed E-state index contributed by atoms with van der Waals surface area (Å²) in [5, 5.41) is 0. The summed E-state index contributed by atoms with van der Waals surface area (Å²) >= 11 is 0. The van der Waals surface area contributed by atoms with Crippen LogP contribution >= 0.6 is 0 Å². The zero-order valence-electron chi connectivity index (χ0n) is 42.9. The first kappa shape index (κ1) is 62.3. The molecule has 0 rings (SSSR count). The summed E-state index contributed by atoms with van der Waals surface area (Å²) in [6, 6.07) is 0. The van der Waals surface area contributed by atoms with E-state index in [0.717, 1.165) is 103 Å². The Morgan fingerprint density at radius 3 is 1.14 bits per heavy atom. The van der Waals surface area contributed by atoms with Gasteiger partial charge in [0.2, 0.25) is 0 Å². The first-order chi connectivity index (χ1) is 32.5. The van der Waals surface area contributed by atoms with Crippen LogP contribution in [-0.4, -0.2) is 37.2 Å². The van der Waals surface area contributed by atoms with Crippen molar-refractivity contribution in [2.75, 3.05) is 13.2 Å². The van der Waals surface area contributed by atoms with Crippen LogP contribution in [0.15, 0.2) is 97.2 Å². The van der Waals surface area contributed by atoms with Crippen LogP contribution in [0.25, 0.3) is 0 Å². The topological polar surface area (TPSA) is 78.9 Å². The van der Waals surface area contributed by atoms with E-state index in [2.05, 4.69) is 81.5 Å². The quantitative estimate of drug-likeness (QED) is 0.0199. The van der Waals surface area contributed by atoms with Crippen molar-refractivity contribution in [2.24, 2.45) is 0 Å². The van der Waals surface area contributed by atoms with Gasteiger partial charge in [-0.15, -0.1) is 0 Å². The van der Waals surface area contributed by atoms with E-state index in [1.807, 2.05) is 36.5 Å². The van der Waals surface area contributed by atoms with E-state index >= 15 is 0 Å². The summed E-state index contributed by atoms with van der Waals surface area (Å²) in [6.45, 7) is 6.34. The van der Waals surface area contributed by atoms with E-state index < -0.39 is 6.10 Å². The largest absolute Gasteiger partial charge is 0.462 e. The summed E-state index contributed by atoms with van der Waals surface area (Å²) in [7, 11) is 0. The van der Waals surface area contributed by atoms with Crippen molar-refractivity contribution in [1.82, 2.24) is 0 Å². The Kier molecular flexibility index (Phi) is 50.9. The lowest BCUT2D eigenvalue weighted by atomic mass is 10.1. The van der Waals surface area contributed by atoms with Crippen LogP contribution in [0, 0.1) is 0 Å². The number of ether oxygens (including phenoxy) is 3. The highest BCUT2D eigenvalue weighted by atomic mass is 16.6. The third-order valence-corrected chi connectivity index (χ3v) is 11.4. The molecule has 0 saturated heterocycles. The summed E-state index contributed by atoms with van der Waals surface area (Å²) in [5.41, 5.74) is 0. The van der Waals surface area contributed by atoms with Crippen LogP contribution in [0.4, 0.5) is 0 Å². The summed E-state index contributed by atoms with van der Waals surface area (Å²) in [6.07, 6.45) is 71.1. The zero-order valence-corrected chi connectivity index (χ0v) is 42.9. The Morgan fingerprint density at radius 2 is 0.667 bits per heavy atom. The highest BCUT2D eigenvalue weighted by Crippen LogP contribution is 2.14. The number of unbranched alkanes of at least 4 members (excludes halogenated alkanes) is 24. The number of hydrogen-bond donors (Lipinski definition) is 0. The van der Waals surface area contributed by atoms with Gasteiger partial charge in [0.05, 0.1) is 0 Å². The van der Waals surface area contributed by atoms with E-state index in [1.165, 1.54) is 103 Å². The molecule has 66 heavy (non-hydrogen) atoms. The minimum atomic E-state index is -0.801. The lowest BCUT2D eigenvalue weighted by molar-refractivity contribution is -0.167. The normalized spacial score (nSPS) is 12.8. The SMILES string of the molecule is CC/C=C/C=C/C=C/C=C/CCCCCC(=O)OCC(COC(=O)CCCCCCCCCCC/C=C/C/C=C/C/C=C/CC)OC(=O)CCCCCCC/C=C/CCCCCCCCC. The molecule has 0 aliphatic heterocycles. The molecule has 6 nitrogen and oxygen atoms in total. The lowest BCUT2D eigenvalue weighted by Gasteiger charge is -2.18. The molecule has 0 amide bonds. The van der Waals surface area contributed by atoms with Crippen molar-refractivity contribution < 1.29 is 28.6 Å². The molecule has 0 fully saturated rings. The van der Waals surface area contributed by atoms with Gasteiger partial charge in [0.15, 0.2) is 6.10 Å². The molecular weight excluding hydrogens is 817 g/mol. The van der Waals surface area contributed by atoms with Gasteiger partial charge in [0.25, 0.3) is 0 Å². The summed E-state index contributed by atoms with van der Waals surface area (Å²) < 4.78 is 16.8. The van der Waals surface area contributed by atoms with Crippen LogP contribution in [0.2, 0.25) is 0 Å². The number of carbonyl (C=O) groups excluding carboxylic acids is 3. The molecule has 6 heteroatoms. The first-order valence-electron chi connectivity index (χ1n) is 27.3. The average Bonchev–Trinajstić information content (AvgIpc) is 3.31. The van der Waals surface area contributed by atoms with Crippen LogP contribution in [0.1, 0.15) is 245 Å². The van der Waals surface area contributed by atoms with Gasteiger partial charge in [0.1, 0.15) is 13.2 Å². The molecule has 0 aromatic rings. The third kappa shape index (κ3) is 51.3. The maximum absolute atomic E-state index is 12.8. The van der Waals surface area contributed by atoms with E-state index in [4.69, 9.17) is 14.2 Å². The average molecular weight is 917 g/mol. The first-order valence-corrected chi connectivity index (χ1v) is 27.3. The smallest absolute Gasteiger partial charge is 0.306 e. The van der Waals surface area contributed by atoms with Gasteiger partial charge >= 0.3 is 17.9 Å². The van der Waals surface area contributed by atoms with Crippen molar-refractivity contribution in [2.45, 2.75) is 252 Å². The van der Waals surface area contributed by atoms with Gasteiger partial charge < -0.3 is 14.2 Å². The summed E-state index contributed by atoms with van der Waals surface area (Å²) in [4.78, 5) is 38.1. The Morgan fingerprint density at radius 1 is 0.333 bits per heavy atom. The predicted molar refractivity (Wildman–Crippen MR) is 284 cm³/mol. The van der Waals surface area contributed by atoms with Crippen molar-refractivity contribution >= 4 is 17.9 Å². The molecule has 1 unspecified atom stereocenters. The number of rotatable bonds is 48. The molecule has 376 valence electrons. The highest BCUT2D eigenvalue weighted by molar-refractivity contribution is 5.71. The Bertz CT molecular complexity index is 1330. The molecular formula is C60H100O6. The second kappa shape index (κ2) is 53.9. The van der Waals surface area contributed by atoms with Gasteiger partial charge in [-0.3, -0.25) is 14.4 Å². The maximum Gasteiger partial charge on any atom is 0.306 e. The van der Waals surface area contributed by atoms with Gasteiger partial charge in [0, 0.05) is 19.3 Å².